The van der Waals surface area contributed by atoms with Gasteiger partial charge in [-0.2, -0.15) is 0 Å². The Labute approximate surface area is 149 Å². The second-order valence-corrected chi connectivity index (χ2v) is 7.62. The highest BCUT2D eigenvalue weighted by Gasteiger charge is 2.39. The lowest BCUT2D eigenvalue weighted by atomic mass is 9.92. The van der Waals surface area contributed by atoms with Crippen LogP contribution in [0.5, 0.6) is 0 Å². The maximum absolute atomic E-state index is 12.5. The van der Waals surface area contributed by atoms with Crippen LogP contribution in [0.4, 0.5) is 11.4 Å². The van der Waals surface area contributed by atoms with Crippen molar-refractivity contribution in [2.45, 2.75) is 51.0 Å². The lowest BCUT2D eigenvalue weighted by Gasteiger charge is -2.34. The molecule has 0 radical (unpaired) electrons. The number of carbonyl (C=O) groups excluding carboxylic acids is 2. The van der Waals surface area contributed by atoms with Gasteiger partial charge in [0.15, 0.2) is 0 Å². The lowest BCUT2D eigenvalue weighted by Crippen LogP contribution is -2.41. The molecule has 1 aromatic rings. The van der Waals surface area contributed by atoms with Gasteiger partial charge in [-0.15, -0.1) is 0 Å². The van der Waals surface area contributed by atoms with E-state index in [4.69, 9.17) is 0 Å². The third-order valence-electron chi connectivity index (χ3n) is 5.90. The molecular formula is C20H27N3O2. The monoisotopic (exact) mass is 341 g/mol. The quantitative estimate of drug-likeness (QED) is 0.916. The Morgan fingerprint density at radius 2 is 1.72 bits per heavy atom. The number of nitrogens with one attached hydrogen (secondary N) is 1. The number of benzene rings is 1. The lowest BCUT2D eigenvalue weighted by molar-refractivity contribution is -0.131. The largest absolute Gasteiger partial charge is 0.372 e. The molecular weight excluding hydrogens is 314 g/mol. The van der Waals surface area contributed by atoms with Crippen LogP contribution in [0.1, 0.15) is 44.9 Å². The van der Waals surface area contributed by atoms with Crippen LogP contribution < -0.4 is 10.2 Å². The van der Waals surface area contributed by atoms with Gasteiger partial charge in [0.05, 0.1) is 5.92 Å². The van der Waals surface area contributed by atoms with Crippen LogP contribution in [0, 0.1) is 5.92 Å². The van der Waals surface area contributed by atoms with Crippen LogP contribution in [0.25, 0.3) is 0 Å². The van der Waals surface area contributed by atoms with Crippen molar-refractivity contribution in [3.05, 3.63) is 24.3 Å². The molecule has 1 N–H and O–H groups in total. The average molecular weight is 341 g/mol. The first-order valence-corrected chi connectivity index (χ1v) is 9.66. The van der Waals surface area contributed by atoms with Crippen molar-refractivity contribution in [3.63, 3.8) is 0 Å². The van der Waals surface area contributed by atoms with Gasteiger partial charge in [0.1, 0.15) is 0 Å². The molecule has 0 bridgehead atoms. The van der Waals surface area contributed by atoms with E-state index in [1.807, 2.05) is 17.0 Å². The van der Waals surface area contributed by atoms with Crippen molar-refractivity contribution in [1.82, 2.24) is 4.90 Å². The van der Waals surface area contributed by atoms with Crippen molar-refractivity contribution in [2.75, 3.05) is 29.9 Å². The first kappa shape index (κ1) is 16.4. The maximum Gasteiger partial charge on any atom is 0.229 e. The molecule has 5 nitrogen and oxygen atoms in total. The minimum Gasteiger partial charge on any atom is -0.372 e. The molecule has 5 heteroatoms. The smallest absolute Gasteiger partial charge is 0.229 e. The van der Waals surface area contributed by atoms with Crippen LogP contribution >= 0.6 is 0 Å². The average Bonchev–Trinajstić information content (AvgIpc) is 2.97. The van der Waals surface area contributed by atoms with E-state index < -0.39 is 0 Å². The van der Waals surface area contributed by atoms with Gasteiger partial charge in [0.25, 0.3) is 0 Å². The van der Waals surface area contributed by atoms with Crippen molar-refractivity contribution < 1.29 is 9.59 Å². The summed E-state index contributed by atoms with van der Waals surface area (Å²) >= 11 is 0. The van der Waals surface area contributed by atoms with E-state index in [0.29, 0.717) is 19.0 Å². The molecule has 0 spiro atoms. The highest BCUT2D eigenvalue weighted by atomic mass is 16.2. The number of piperidine rings is 1. The van der Waals surface area contributed by atoms with Crippen LogP contribution in [-0.2, 0) is 9.59 Å². The normalized spacial score (nSPS) is 24.3. The number of carbonyl (C=O) groups is 2. The summed E-state index contributed by atoms with van der Waals surface area (Å²) in [6.07, 6.45) is 7.58. The molecule has 1 atom stereocenters. The van der Waals surface area contributed by atoms with Gasteiger partial charge in [-0.3, -0.25) is 9.59 Å². The third-order valence-corrected chi connectivity index (χ3v) is 5.90. The van der Waals surface area contributed by atoms with Crippen LogP contribution in [-0.4, -0.2) is 42.4 Å². The number of likely N-dealkylation sites (tertiary alicyclic amines) is 1. The first-order valence-electron chi connectivity index (χ1n) is 9.66. The molecule has 134 valence electrons. The number of amides is 2. The molecule has 2 aliphatic heterocycles. The van der Waals surface area contributed by atoms with Crippen molar-refractivity contribution in [1.29, 1.82) is 0 Å². The number of hydrogen-bond donors (Lipinski definition) is 1. The van der Waals surface area contributed by atoms with Crippen LogP contribution in [0.2, 0.25) is 0 Å². The van der Waals surface area contributed by atoms with Gasteiger partial charge in [0.2, 0.25) is 11.8 Å². The summed E-state index contributed by atoms with van der Waals surface area (Å²) in [4.78, 5) is 29.0. The van der Waals surface area contributed by atoms with E-state index in [1.165, 1.54) is 31.4 Å². The van der Waals surface area contributed by atoms with E-state index in [2.05, 4.69) is 22.3 Å². The number of anilines is 2. The summed E-state index contributed by atoms with van der Waals surface area (Å²) in [5.74, 6) is -0.0962. The second kappa shape index (κ2) is 7.06. The standard InChI is InChI=1S/C20H27N3O2/c24-19-13-15(14-23(19)18-5-4-6-18)20(25)21-16-7-9-17(10-8-16)22-11-2-1-3-12-22/h7-10,15,18H,1-6,11-14H2,(H,21,25). The number of rotatable bonds is 4. The Bertz CT molecular complexity index is 633. The zero-order valence-corrected chi connectivity index (χ0v) is 14.7. The molecule has 2 amide bonds. The molecule has 1 aromatic carbocycles. The Kier molecular flexibility index (Phi) is 4.64. The summed E-state index contributed by atoms with van der Waals surface area (Å²) in [5.41, 5.74) is 2.05. The predicted molar refractivity (Wildman–Crippen MR) is 98.6 cm³/mol. The molecule has 1 unspecified atom stereocenters. The highest BCUT2D eigenvalue weighted by molar-refractivity contribution is 5.97. The van der Waals surface area contributed by atoms with Gasteiger partial charge in [0, 0.05) is 43.5 Å². The van der Waals surface area contributed by atoms with E-state index in [9.17, 15) is 9.59 Å². The molecule has 2 heterocycles. The maximum atomic E-state index is 12.5. The third kappa shape index (κ3) is 3.51. The van der Waals surface area contributed by atoms with E-state index in [-0.39, 0.29) is 17.7 Å². The fraction of sp³-hybridized carbons (Fsp3) is 0.600. The van der Waals surface area contributed by atoms with Gasteiger partial charge in [-0.05, 0) is 62.8 Å². The first-order chi connectivity index (χ1) is 12.2. The summed E-state index contributed by atoms with van der Waals surface area (Å²) in [6, 6.07) is 8.50. The Hall–Kier alpha value is -2.04. The number of nitrogens with zero attached hydrogens (tertiary/aromatic N) is 2. The minimum absolute atomic E-state index is 0.0269. The van der Waals surface area contributed by atoms with Crippen LogP contribution in [0.15, 0.2) is 24.3 Å². The van der Waals surface area contributed by atoms with Gasteiger partial charge in [-0.25, -0.2) is 0 Å². The molecule has 1 saturated carbocycles. The Morgan fingerprint density at radius 3 is 2.36 bits per heavy atom. The summed E-state index contributed by atoms with van der Waals surface area (Å²) in [7, 11) is 0. The summed E-state index contributed by atoms with van der Waals surface area (Å²) in [5, 5.41) is 2.99. The van der Waals surface area contributed by atoms with E-state index in [1.54, 1.807) is 0 Å². The summed E-state index contributed by atoms with van der Waals surface area (Å²) in [6.45, 7) is 2.82. The molecule has 2 saturated heterocycles. The molecule has 4 rings (SSSR count). The number of hydrogen-bond acceptors (Lipinski definition) is 3. The molecule has 0 aromatic heterocycles. The van der Waals surface area contributed by atoms with E-state index >= 15 is 0 Å². The fourth-order valence-electron chi connectivity index (χ4n) is 4.11. The highest BCUT2D eigenvalue weighted by Crippen LogP contribution is 2.31. The SMILES string of the molecule is O=C(Nc1ccc(N2CCCCC2)cc1)C1CC(=O)N(C2CCC2)C1. The molecule has 3 aliphatic rings. The van der Waals surface area contributed by atoms with Crippen molar-refractivity contribution in [2.24, 2.45) is 5.92 Å². The van der Waals surface area contributed by atoms with Gasteiger partial charge in [-0.1, -0.05) is 0 Å². The van der Waals surface area contributed by atoms with Crippen molar-refractivity contribution in [3.8, 4) is 0 Å². The Morgan fingerprint density at radius 1 is 1.00 bits per heavy atom. The van der Waals surface area contributed by atoms with E-state index in [0.717, 1.165) is 31.6 Å². The van der Waals surface area contributed by atoms with Gasteiger partial charge >= 0.3 is 0 Å². The topological polar surface area (TPSA) is 52.7 Å². The van der Waals surface area contributed by atoms with Gasteiger partial charge < -0.3 is 15.1 Å². The Balaban J connectivity index is 1.33. The molecule has 1 aliphatic carbocycles. The molecule has 3 fully saturated rings. The predicted octanol–water partition coefficient (Wildman–Crippen LogP) is 3.02. The fourth-order valence-corrected chi connectivity index (χ4v) is 4.11. The second-order valence-electron chi connectivity index (χ2n) is 7.62. The zero-order valence-electron chi connectivity index (χ0n) is 14.7. The molecule has 25 heavy (non-hydrogen) atoms. The van der Waals surface area contributed by atoms with Crippen molar-refractivity contribution >= 4 is 23.2 Å². The summed E-state index contributed by atoms with van der Waals surface area (Å²) < 4.78 is 0. The zero-order chi connectivity index (χ0) is 17.2. The van der Waals surface area contributed by atoms with Crippen LogP contribution in [0.3, 0.4) is 0 Å². The minimum atomic E-state index is -0.213.